The van der Waals surface area contributed by atoms with E-state index in [0.29, 0.717) is 13.0 Å². The lowest BCUT2D eigenvalue weighted by Gasteiger charge is -2.24. The summed E-state index contributed by atoms with van der Waals surface area (Å²) in [5, 5.41) is 9.36. The Morgan fingerprint density at radius 2 is 2.47 bits per heavy atom. The van der Waals surface area contributed by atoms with Crippen LogP contribution in [0, 0.1) is 0 Å². The fourth-order valence-corrected chi connectivity index (χ4v) is 1.14. The zero-order chi connectivity index (χ0) is 11.3. The molecule has 15 heavy (non-hydrogen) atoms. The fourth-order valence-electron chi connectivity index (χ4n) is 1.14. The lowest BCUT2D eigenvalue weighted by molar-refractivity contribution is -0.142. The van der Waals surface area contributed by atoms with E-state index in [9.17, 15) is 4.79 Å². The Hall–Kier alpha value is -1.36. The minimum atomic E-state index is -0.750. The van der Waals surface area contributed by atoms with E-state index in [4.69, 9.17) is 4.74 Å². The van der Waals surface area contributed by atoms with Crippen LogP contribution in [0.1, 0.15) is 26.0 Å². The molecule has 1 heterocycles. The van der Waals surface area contributed by atoms with Crippen molar-refractivity contribution in [3.05, 3.63) is 18.0 Å². The highest BCUT2D eigenvalue weighted by Gasteiger charge is 2.30. The van der Waals surface area contributed by atoms with Crippen LogP contribution in [0.15, 0.2) is 12.3 Å². The van der Waals surface area contributed by atoms with Crippen LogP contribution >= 0.6 is 0 Å². The SMILES string of the molecule is CCC(C)(OC)C(=O)NCc1ccn[nH]1. The number of hydrogen-bond acceptors (Lipinski definition) is 3. The first-order valence-electron chi connectivity index (χ1n) is 4.94. The number of hydrogen-bond donors (Lipinski definition) is 2. The number of nitrogens with zero attached hydrogens (tertiary/aromatic N) is 1. The lowest BCUT2D eigenvalue weighted by Crippen LogP contribution is -2.45. The van der Waals surface area contributed by atoms with E-state index in [1.54, 1.807) is 20.2 Å². The Morgan fingerprint density at radius 1 is 1.73 bits per heavy atom. The van der Waals surface area contributed by atoms with Gasteiger partial charge in [-0.2, -0.15) is 5.10 Å². The topological polar surface area (TPSA) is 67.0 Å². The molecule has 0 radical (unpaired) electrons. The molecule has 5 nitrogen and oxygen atoms in total. The number of aromatic amines is 1. The molecule has 0 fully saturated rings. The molecule has 0 saturated heterocycles. The molecule has 1 unspecified atom stereocenters. The van der Waals surface area contributed by atoms with E-state index in [1.165, 1.54) is 0 Å². The molecular formula is C10H17N3O2. The van der Waals surface area contributed by atoms with Gasteiger partial charge in [0.05, 0.1) is 12.2 Å². The summed E-state index contributed by atoms with van der Waals surface area (Å²) in [6.45, 7) is 4.13. The van der Waals surface area contributed by atoms with Crippen LogP contribution in [0.3, 0.4) is 0 Å². The highest BCUT2D eigenvalue weighted by atomic mass is 16.5. The van der Waals surface area contributed by atoms with Crippen molar-refractivity contribution in [2.75, 3.05) is 7.11 Å². The van der Waals surface area contributed by atoms with Crippen molar-refractivity contribution in [3.63, 3.8) is 0 Å². The number of carbonyl (C=O) groups excluding carboxylic acids is 1. The van der Waals surface area contributed by atoms with Gasteiger partial charge in [0.2, 0.25) is 0 Å². The van der Waals surface area contributed by atoms with Crippen molar-refractivity contribution in [2.24, 2.45) is 0 Å². The summed E-state index contributed by atoms with van der Waals surface area (Å²) in [5.41, 5.74) is 0.123. The normalized spacial score (nSPS) is 14.6. The summed E-state index contributed by atoms with van der Waals surface area (Å²) in [5.74, 6) is -0.109. The maximum atomic E-state index is 11.8. The first kappa shape index (κ1) is 11.7. The van der Waals surface area contributed by atoms with Crippen LogP contribution in [0.4, 0.5) is 0 Å². The predicted octanol–water partition coefficient (Wildman–Crippen LogP) is 0.841. The van der Waals surface area contributed by atoms with Gasteiger partial charge in [-0.05, 0) is 19.4 Å². The van der Waals surface area contributed by atoms with Crippen LogP contribution in [-0.2, 0) is 16.1 Å². The molecule has 2 N–H and O–H groups in total. The van der Waals surface area contributed by atoms with Crippen LogP contribution in [0.5, 0.6) is 0 Å². The fraction of sp³-hybridized carbons (Fsp3) is 0.600. The van der Waals surface area contributed by atoms with Crippen molar-refractivity contribution in [1.29, 1.82) is 0 Å². The van der Waals surface area contributed by atoms with Gasteiger partial charge in [-0.1, -0.05) is 6.92 Å². The highest BCUT2D eigenvalue weighted by Crippen LogP contribution is 2.13. The van der Waals surface area contributed by atoms with E-state index in [0.717, 1.165) is 5.69 Å². The molecule has 1 aromatic rings. The molecule has 84 valence electrons. The van der Waals surface area contributed by atoms with Gasteiger partial charge in [-0.3, -0.25) is 9.89 Å². The average Bonchev–Trinajstić information content (AvgIpc) is 2.77. The Morgan fingerprint density at radius 3 is 2.93 bits per heavy atom. The molecule has 0 aliphatic rings. The van der Waals surface area contributed by atoms with Gasteiger partial charge in [-0.15, -0.1) is 0 Å². The molecule has 0 saturated carbocycles. The van der Waals surface area contributed by atoms with E-state index in [1.807, 2.05) is 13.0 Å². The zero-order valence-corrected chi connectivity index (χ0v) is 9.33. The number of amides is 1. The number of aromatic nitrogens is 2. The number of rotatable bonds is 5. The second-order valence-electron chi connectivity index (χ2n) is 3.55. The average molecular weight is 211 g/mol. The molecule has 0 aromatic carbocycles. The summed E-state index contributed by atoms with van der Waals surface area (Å²) in [6.07, 6.45) is 2.29. The Kier molecular flexibility index (Phi) is 3.85. The van der Waals surface area contributed by atoms with Gasteiger partial charge in [0.25, 0.3) is 5.91 Å². The largest absolute Gasteiger partial charge is 0.369 e. The molecule has 0 spiro atoms. The predicted molar refractivity (Wildman–Crippen MR) is 56.1 cm³/mol. The first-order chi connectivity index (χ1) is 7.12. The third kappa shape index (κ3) is 2.79. The molecule has 0 aliphatic carbocycles. The van der Waals surface area contributed by atoms with Crippen molar-refractivity contribution in [1.82, 2.24) is 15.5 Å². The van der Waals surface area contributed by atoms with Gasteiger partial charge in [0.15, 0.2) is 0 Å². The zero-order valence-electron chi connectivity index (χ0n) is 9.33. The number of carbonyl (C=O) groups is 1. The lowest BCUT2D eigenvalue weighted by atomic mass is 10.0. The van der Waals surface area contributed by atoms with Crippen LogP contribution < -0.4 is 5.32 Å². The quantitative estimate of drug-likeness (QED) is 0.758. The minimum Gasteiger partial charge on any atom is -0.369 e. The second-order valence-corrected chi connectivity index (χ2v) is 3.55. The smallest absolute Gasteiger partial charge is 0.252 e. The van der Waals surface area contributed by atoms with Crippen LogP contribution in [0.2, 0.25) is 0 Å². The van der Waals surface area contributed by atoms with Crippen molar-refractivity contribution in [2.45, 2.75) is 32.4 Å². The molecule has 5 heteroatoms. The van der Waals surface area contributed by atoms with Crippen LogP contribution in [0.25, 0.3) is 0 Å². The van der Waals surface area contributed by atoms with E-state index < -0.39 is 5.60 Å². The summed E-state index contributed by atoms with van der Waals surface area (Å²) >= 11 is 0. The van der Waals surface area contributed by atoms with E-state index in [-0.39, 0.29) is 5.91 Å². The summed E-state index contributed by atoms with van der Waals surface area (Å²) in [4.78, 5) is 11.8. The van der Waals surface area contributed by atoms with Gasteiger partial charge < -0.3 is 10.1 Å². The monoisotopic (exact) mass is 211 g/mol. The van der Waals surface area contributed by atoms with E-state index >= 15 is 0 Å². The highest BCUT2D eigenvalue weighted by molar-refractivity contribution is 5.84. The van der Waals surface area contributed by atoms with Gasteiger partial charge >= 0.3 is 0 Å². The third-order valence-electron chi connectivity index (χ3n) is 2.60. The van der Waals surface area contributed by atoms with Crippen molar-refractivity contribution < 1.29 is 9.53 Å². The number of ether oxygens (including phenoxy) is 1. The Balaban J connectivity index is 2.48. The van der Waals surface area contributed by atoms with E-state index in [2.05, 4.69) is 15.5 Å². The summed E-state index contributed by atoms with van der Waals surface area (Å²) in [7, 11) is 1.54. The number of H-pyrrole nitrogens is 1. The standard InChI is InChI=1S/C10H17N3O2/c1-4-10(2,15-3)9(14)11-7-8-5-6-12-13-8/h5-6H,4,7H2,1-3H3,(H,11,14)(H,12,13). The summed E-state index contributed by atoms with van der Waals surface area (Å²) in [6, 6.07) is 1.82. The maximum absolute atomic E-state index is 11.8. The number of methoxy groups -OCH3 is 1. The molecule has 1 amide bonds. The van der Waals surface area contributed by atoms with Gasteiger partial charge in [0, 0.05) is 13.3 Å². The first-order valence-corrected chi connectivity index (χ1v) is 4.94. The molecule has 1 rings (SSSR count). The molecular weight excluding hydrogens is 194 g/mol. The molecule has 1 aromatic heterocycles. The second kappa shape index (κ2) is 4.93. The van der Waals surface area contributed by atoms with Crippen molar-refractivity contribution >= 4 is 5.91 Å². The van der Waals surface area contributed by atoms with Crippen molar-refractivity contribution in [3.8, 4) is 0 Å². The number of nitrogens with one attached hydrogen (secondary N) is 2. The maximum Gasteiger partial charge on any atom is 0.252 e. The Bertz CT molecular complexity index is 304. The molecule has 1 atom stereocenters. The molecule has 0 bridgehead atoms. The summed E-state index contributed by atoms with van der Waals surface area (Å²) < 4.78 is 5.18. The Labute approximate surface area is 89.2 Å². The molecule has 0 aliphatic heterocycles. The van der Waals surface area contributed by atoms with Gasteiger partial charge in [0.1, 0.15) is 5.60 Å². The van der Waals surface area contributed by atoms with Crippen LogP contribution in [-0.4, -0.2) is 28.8 Å². The van der Waals surface area contributed by atoms with Gasteiger partial charge in [-0.25, -0.2) is 0 Å². The third-order valence-corrected chi connectivity index (χ3v) is 2.60. The minimum absolute atomic E-state index is 0.109.